The van der Waals surface area contributed by atoms with Crippen molar-refractivity contribution in [2.45, 2.75) is 38.8 Å². The van der Waals surface area contributed by atoms with E-state index >= 15 is 0 Å². The standard InChI is InChI=1S/C19H31N3/c1-17-6-8-18(9-7-17)15-21-11-13-22(14-12-21)16-19-5-3-4-10-20(19)2/h6-9,19H,3-5,10-16H2,1-2H3. The van der Waals surface area contributed by atoms with Crippen LogP contribution in [0.1, 0.15) is 30.4 Å². The number of rotatable bonds is 4. The van der Waals surface area contributed by atoms with Crippen LogP contribution in [0.5, 0.6) is 0 Å². The highest BCUT2D eigenvalue weighted by Gasteiger charge is 2.24. The van der Waals surface area contributed by atoms with Gasteiger partial charge in [0.15, 0.2) is 0 Å². The minimum Gasteiger partial charge on any atom is -0.302 e. The summed E-state index contributed by atoms with van der Waals surface area (Å²) in [7, 11) is 2.30. The molecule has 1 unspecified atom stereocenters. The molecule has 0 bridgehead atoms. The normalized spacial score (nSPS) is 25.5. The van der Waals surface area contributed by atoms with E-state index < -0.39 is 0 Å². The third kappa shape index (κ3) is 4.31. The summed E-state index contributed by atoms with van der Waals surface area (Å²) in [5.74, 6) is 0. The van der Waals surface area contributed by atoms with E-state index in [9.17, 15) is 0 Å². The van der Waals surface area contributed by atoms with Crippen molar-refractivity contribution >= 4 is 0 Å². The van der Waals surface area contributed by atoms with Crippen LogP contribution in [0.2, 0.25) is 0 Å². The Balaban J connectivity index is 1.43. The summed E-state index contributed by atoms with van der Waals surface area (Å²) in [4.78, 5) is 7.85. The number of piperidine rings is 1. The lowest BCUT2D eigenvalue weighted by molar-refractivity contribution is 0.0818. The maximum atomic E-state index is 2.68. The van der Waals surface area contributed by atoms with Crippen molar-refractivity contribution in [1.82, 2.24) is 14.7 Å². The summed E-state index contributed by atoms with van der Waals surface area (Å²) in [5, 5.41) is 0. The SMILES string of the molecule is Cc1ccc(CN2CCN(CC3CCCCN3C)CC2)cc1. The molecule has 0 amide bonds. The van der Waals surface area contributed by atoms with Gasteiger partial charge >= 0.3 is 0 Å². The summed E-state index contributed by atoms with van der Waals surface area (Å²) in [6, 6.07) is 9.80. The number of nitrogens with zero attached hydrogens (tertiary/aromatic N) is 3. The molecule has 0 radical (unpaired) electrons. The van der Waals surface area contributed by atoms with Gasteiger partial charge in [0.1, 0.15) is 0 Å². The van der Waals surface area contributed by atoms with Gasteiger partial charge in [-0.05, 0) is 38.9 Å². The van der Waals surface area contributed by atoms with Crippen LogP contribution in [0.3, 0.4) is 0 Å². The lowest BCUT2D eigenvalue weighted by Gasteiger charge is -2.40. The molecule has 1 aromatic carbocycles. The summed E-state index contributed by atoms with van der Waals surface area (Å²) in [6.45, 7) is 10.7. The van der Waals surface area contributed by atoms with E-state index in [4.69, 9.17) is 0 Å². The largest absolute Gasteiger partial charge is 0.302 e. The second-order valence-electron chi connectivity index (χ2n) is 7.19. The topological polar surface area (TPSA) is 9.72 Å². The van der Waals surface area contributed by atoms with Gasteiger partial charge in [-0.15, -0.1) is 0 Å². The molecule has 3 rings (SSSR count). The summed E-state index contributed by atoms with van der Waals surface area (Å²) in [6.07, 6.45) is 4.19. The highest BCUT2D eigenvalue weighted by molar-refractivity contribution is 5.21. The predicted molar refractivity (Wildman–Crippen MR) is 93.2 cm³/mol. The van der Waals surface area contributed by atoms with E-state index in [-0.39, 0.29) is 0 Å². The van der Waals surface area contributed by atoms with Crippen LogP contribution in [-0.2, 0) is 6.54 Å². The van der Waals surface area contributed by atoms with Crippen molar-refractivity contribution in [3.05, 3.63) is 35.4 Å². The van der Waals surface area contributed by atoms with Crippen LogP contribution < -0.4 is 0 Å². The van der Waals surface area contributed by atoms with Crippen molar-refractivity contribution in [2.75, 3.05) is 46.3 Å². The van der Waals surface area contributed by atoms with Gasteiger partial charge in [-0.1, -0.05) is 36.2 Å². The van der Waals surface area contributed by atoms with Crippen molar-refractivity contribution in [3.63, 3.8) is 0 Å². The first-order chi connectivity index (χ1) is 10.7. The number of likely N-dealkylation sites (N-methyl/N-ethyl adjacent to an activating group) is 1. The fraction of sp³-hybridized carbons (Fsp3) is 0.684. The van der Waals surface area contributed by atoms with Crippen molar-refractivity contribution in [3.8, 4) is 0 Å². The molecule has 2 fully saturated rings. The Hall–Kier alpha value is -0.900. The van der Waals surface area contributed by atoms with Gasteiger partial charge in [0.2, 0.25) is 0 Å². The zero-order valence-electron chi connectivity index (χ0n) is 14.3. The Labute approximate surface area is 135 Å². The predicted octanol–water partition coefficient (Wildman–Crippen LogP) is 2.60. The molecule has 2 aliphatic rings. The van der Waals surface area contributed by atoms with Gasteiger partial charge in [0.25, 0.3) is 0 Å². The molecule has 0 aliphatic carbocycles. The smallest absolute Gasteiger partial charge is 0.0234 e. The third-order valence-electron chi connectivity index (χ3n) is 5.38. The second-order valence-corrected chi connectivity index (χ2v) is 7.19. The van der Waals surface area contributed by atoms with E-state index in [0.717, 1.165) is 12.6 Å². The molecule has 22 heavy (non-hydrogen) atoms. The summed E-state index contributed by atoms with van der Waals surface area (Å²) < 4.78 is 0. The number of aryl methyl sites for hydroxylation is 1. The average Bonchev–Trinajstić information content (AvgIpc) is 2.54. The fourth-order valence-corrected chi connectivity index (χ4v) is 3.75. The molecule has 0 aromatic heterocycles. The van der Waals surface area contributed by atoms with E-state index in [1.807, 2.05) is 0 Å². The molecule has 3 nitrogen and oxygen atoms in total. The van der Waals surface area contributed by atoms with Crippen LogP contribution in [0.4, 0.5) is 0 Å². The van der Waals surface area contributed by atoms with Crippen molar-refractivity contribution in [2.24, 2.45) is 0 Å². The van der Waals surface area contributed by atoms with Crippen molar-refractivity contribution < 1.29 is 0 Å². The zero-order valence-corrected chi connectivity index (χ0v) is 14.3. The zero-order chi connectivity index (χ0) is 15.4. The van der Waals surface area contributed by atoms with E-state index in [0.29, 0.717) is 0 Å². The minimum atomic E-state index is 0.789. The monoisotopic (exact) mass is 301 g/mol. The van der Waals surface area contributed by atoms with Gasteiger partial charge < -0.3 is 4.90 Å². The molecule has 3 heteroatoms. The number of likely N-dealkylation sites (tertiary alicyclic amines) is 1. The maximum absolute atomic E-state index is 2.68. The molecule has 2 aliphatic heterocycles. The number of hydrogen-bond acceptors (Lipinski definition) is 3. The molecule has 0 N–H and O–H groups in total. The summed E-state index contributed by atoms with van der Waals surface area (Å²) >= 11 is 0. The number of benzene rings is 1. The molecular weight excluding hydrogens is 270 g/mol. The Morgan fingerprint density at radius 1 is 0.909 bits per heavy atom. The van der Waals surface area contributed by atoms with E-state index in [1.54, 1.807) is 0 Å². The van der Waals surface area contributed by atoms with Gasteiger partial charge in [0, 0.05) is 45.3 Å². The summed E-state index contributed by atoms with van der Waals surface area (Å²) in [5.41, 5.74) is 2.80. The molecular formula is C19H31N3. The van der Waals surface area contributed by atoms with E-state index in [2.05, 4.69) is 52.9 Å². The second kappa shape index (κ2) is 7.58. The van der Waals surface area contributed by atoms with E-state index in [1.165, 1.54) is 69.7 Å². The van der Waals surface area contributed by atoms with Crippen molar-refractivity contribution in [1.29, 1.82) is 0 Å². The third-order valence-corrected chi connectivity index (χ3v) is 5.38. The Morgan fingerprint density at radius 2 is 1.59 bits per heavy atom. The Bertz CT molecular complexity index is 448. The van der Waals surface area contributed by atoms with Crippen LogP contribution >= 0.6 is 0 Å². The first-order valence-electron chi connectivity index (χ1n) is 8.91. The average molecular weight is 301 g/mol. The quantitative estimate of drug-likeness (QED) is 0.846. The molecule has 0 saturated carbocycles. The van der Waals surface area contributed by atoms with Gasteiger partial charge in [-0.3, -0.25) is 9.80 Å². The van der Waals surface area contributed by atoms with Crippen LogP contribution in [0.25, 0.3) is 0 Å². The number of piperazine rings is 1. The minimum absolute atomic E-state index is 0.789. The number of hydrogen-bond donors (Lipinski definition) is 0. The van der Waals surface area contributed by atoms with Crippen LogP contribution in [0.15, 0.2) is 24.3 Å². The molecule has 1 aromatic rings. The molecule has 122 valence electrons. The first kappa shape index (κ1) is 16.0. The molecule has 2 heterocycles. The van der Waals surface area contributed by atoms with Gasteiger partial charge in [-0.25, -0.2) is 0 Å². The molecule has 2 saturated heterocycles. The first-order valence-corrected chi connectivity index (χ1v) is 8.91. The molecule has 0 spiro atoms. The fourth-order valence-electron chi connectivity index (χ4n) is 3.75. The Morgan fingerprint density at radius 3 is 2.27 bits per heavy atom. The highest BCUT2D eigenvalue weighted by atomic mass is 15.3. The van der Waals surface area contributed by atoms with Crippen LogP contribution in [-0.4, -0.2) is 67.1 Å². The highest BCUT2D eigenvalue weighted by Crippen LogP contribution is 2.17. The maximum Gasteiger partial charge on any atom is 0.0234 e. The van der Waals surface area contributed by atoms with Gasteiger partial charge in [0.05, 0.1) is 0 Å². The van der Waals surface area contributed by atoms with Gasteiger partial charge in [-0.2, -0.15) is 0 Å². The molecule has 1 atom stereocenters. The lowest BCUT2D eigenvalue weighted by atomic mass is 10.0. The Kier molecular flexibility index (Phi) is 5.51. The van der Waals surface area contributed by atoms with Crippen LogP contribution in [0, 0.1) is 6.92 Å². The lowest BCUT2D eigenvalue weighted by Crippen LogP contribution is -2.51.